The topological polar surface area (TPSA) is 55.4 Å². The van der Waals surface area contributed by atoms with E-state index < -0.39 is 17.4 Å². The molecule has 2 rings (SSSR count). The molecule has 108 valence electrons. The van der Waals surface area contributed by atoms with Crippen LogP contribution < -0.4 is 5.73 Å². The standard InChI is InChI=1S/C16H14F2N2O/c1-10-4-2-3-5-14(10)20-16(19)9-15(21)12-7-6-11(17)8-13(12)18/h2-8H,9H2,1H3,(H2,19,20). The average molecular weight is 288 g/mol. The number of hydrogen-bond donors (Lipinski definition) is 1. The largest absolute Gasteiger partial charge is 0.387 e. The minimum Gasteiger partial charge on any atom is -0.387 e. The molecule has 0 heterocycles. The number of aliphatic imine (C=N–C) groups is 1. The Kier molecular flexibility index (Phi) is 4.42. The number of aryl methyl sites for hydroxylation is 1. The highest BCUT2D eigenvalue weighted by molar-refractivity contribution is 6.09. The van der Waals surface area contributed by atoms with Gasteiger partial charge in [-0.05, 0) is 30.7 Å². The summed E-state index contributed by atoms with van der Waals surface area (Å²) in [6.45, 7) is 1.87. The highest BCUT2D eigenvalue weighted by Gasteiger charge is 2.14. The van der Waals surface area contributed by atoms with Gasteiger partial charge in [-0.25, -0.2) is 13.8 Å². The summed E-state index contributed by atoms with van der Waals surface area (Å²) in [4.78, 5) is 16.1. The summed E-state index contributed by atoms with van der Waals surface area (Å²) in [5.41, 5.74) is 7.10. The Labute approximate surface area is 121 Å². The molecule has 0 saturated carbocycles. The fourth-order valence-corrected chi connectivity index (χ4v) is 1.86. The van der Waals surface area contributed by atoms with E-state index in [0.717, 1.165) is 17.7 Å². The molecule has 5 heteroatoms. The lowest BCUT2D eigenvalue weighted by Crippen LogP contribution is -2.17. The number of amidine groups is 1. The van der Waals surface area contributed by atoms with E-state index in [9.17, 15) is 13.6 Å². The number of benzene rings is 2. The van der Waals surface area contributed by atoms with Gasteiger partial charge in [-0.3, -0.25) is 4.79 Å². The number of carbonyl (C=O) groups is 1. The second kappa shape index (κ2) is 6.26. The van der Waals surface area contributed by atoms with Crippen molar-refractivity contribution in [2.24, 2.45) is 10.7 Å². The molecule has 0 aliphatic carbocycles. The number of nitrogens with zero attached hydrogens (tertiary/aromatic N) is 1. The van der Waals surface area contributed by atoms with Crippen molar-refractivity contribution >= 4 is 17.3 Å². The first-order valence-corrected chi connectivity index (χ1v) is 6.34. The molecule has 2 N–H and O–H groups in total. The van der Waals surface area contributed by atoms with Crippen LogP contribution in [0.25, 0.3) is 0 Å². The van der Waals surface area contributed by atoms with Crippen molar-refractivity contribution in [3.05, 3.63) is 65.2 Å². The van der Waals surface area contributed by atoms with Crippen LogP contribution in [0.2, 0.25) is 0 Å². The van der Waals surface area contributed by atoms with E-state index in [1.165, 1.54) is 0 Å². The van der Waals surface area contributed by atoms with Crippen LogP contribution in [0.5, 0.6) is 0 Å². The van der Waals surface area contributed by atoms with Crippen molar-refractivity contribution in [2.75, 3.05) is 0 Å². The number of ketones is 1. The predicted octanol–water partition coefficient (Wildman–Crippen LogP) is 3.53. The van der Waals surface area contributed by atoms with Crippen molar-refractivity contribution < 1.29 is 13.6 Å². The quantitative estimate of drug-likeness (QED) is 0.531. The lowest BCUT2D eigenvalue weighted by molar-refractivity contribution is 0.0996. The summed E-state index contributed by atoms with van der Waals surface area (Å²) in [7, 11) is 0. The Morgan fingerprint density at radius 3 is 2.57 bits per heavy atom. The van der Waals surface area contributed by atoms with Crippen molar-refractivity contribution in [3.8, 4) is 0 Å². The molecule has 0 unspecified atom stereocenters. The van der Waals surface area contributed by atoms with Gasteiger partial charge in [0.1, 0.15) is 17.5 Å². The molecular weight excluding hydrogens is 274 g/mol. The van der Waals surface area contributed by atoms with Gasteiger partial charge in [-0.1, -0.05) is 18.2 Å². The van der Waals surface area contributed by atoms with Gasteiger partial charge in [-0.15, -0.1) is 0 Å². The van der Waals surface area contributed by atoms with Crippen LogP contribution in [0.4, 0.5) is 14.5 Å². The van der Waals surface area contributed by atoms with Gasteiger partial charge in [0.2, 0.25) is 0 Å². The summed E-state index contributed by atoms with van der Waals surface area (Å²) < 4.78 is 26.3. The van der Waals surface area contributed by atoms with E-state index in [2.05, 4.69) is 4.99 Å². The monoisotopic (exact) mass is 288 g/mol. The Morgan fingerprint density at radius 1 is 1.19 bits per heavy atom. The zero-order valence-electron chi connectivity index (χ0n) is 11.4. The third kappa shape index (κ3) is 3.72. The molecule has 2 aromatic carbocycles. The second-order valence-corrected chi connectivity index (χ2v) is 4.61. The first kappa shape index (κ1) is 14.8. The van der Waals surface area contributed by atoms with Crippen LogP contribution in [-0.2, 0) is 0 Å². The maximum atomic E-state index is 13.5. The van der Waals surface area contributed by atoms with Crippen molar-refractivity contribution in [1.29, 1.82) is 0 Å². The van der Waals surface area contributed by atoms with Gasteiger partial charge in [0.15, 0.2) is 5.78 Å². The van der Waals surface area contributed by atoms with Gasteiger partial charge in [-0.2, -0.15) is 0 Å². The van der Waals surface area contributed by atoms with Gasteiger partial charge < -0.3 is 5.73 Å². The van der Waals surface area contributed by atoms with E-state index in [1.807, 2.05) is 19.1 Å². The van der Waals surface area contributed by atoms with E-state index in [0.29, 0.717) is 11.8 Å². The fraction of sp³-hybridized carbons (Fsp3) is 0.125. The summed E-state index contributed by atoms with van der Waals surface area (Å²) in [6, 6.07) is 10.1. The summed E-state index contributed by atoms with van der Waals surface area (Å²) in [5, 5.41) is 0. The van der Waals surface area contributed by atoms with Crippen molar-refractivity contribution in [2.45, 2.75) is 13.3 Å². The Bertz CT molecular complexity index is 711. The number of carbonyl (C=O) groups excluding carboxylic acids is 1. The first-order chi connectivity index (χ1) is 9.97. The van der Waals surface area contributed by atoms with Crippen LogP contribution >= 0.6 is 0 Å². The fourth-order valence-electron chi connectivity index (χ4n) is 1.86. The SMILES string of the molecule is Cc1ccccc1N=C(N)CC(=O)c1ccc(F)cc1F. The molecule has 0 fully saturated rings. The number of Topliss-reactive ketones (excluding diaryl/α,β-unsaturated/α-hetero) is 1. The molecule has 0 aromatic heterocycles. The average Bonchev–Trinajstić information content (AvgIpc) is 2.41. The first-order valence-electron chi connectivity index (χ1n) is 6.34. The van der Waals surface area contributed by atoms with Gasteiger partial charge in [0.25, 0.3) is 0 Å². The smallest absolute Gasteiger partial charge is 0.173 e. The van der Waals surface area contributed by atoms with Crippen LogP contribution in [0, 0.1) is 18.6 Å². The second-order valence-electron chi connectivity index (χ2n) is 4.61. The molecule has 0 aliphatic rings. The minimum atomic E-state index is -0.899. The maximum absolute atomic E-state index is 13.5. The third-order valence-corrected chi connectivity index (χ3v) is 2.95. The van der Waals surface area contributed by atoms with E-state index in [-0.39, 0.29) is 17.8 Å². The zero-order chi connectivity index (χ0) is 15.4. The molecule has 0 amide bonds. The number of halogens is 2. The molecule has 0 aliphatic heterocycles. The molecule has 21 heavy (non-hydrogen) atoms. The summed E-state index contributed by atoms with van der Waals surface area (Å²) in [6.07, 6.45) is -0.225. The number of nitrogens with two attached hydrogens (primary N) is 1. The van der Waals surface area contributed by atoms with Crippen molar-refractivity contribution in [1.82, 2.24) is 0 Å². The van der Waals surface area contributed by atoms with Crippen molar-refractivity contribution in [3.63, 3.8) is 0 Å². The molecule has 2 aromatic rings. The number of rotatable bonds is 4. The summed E-state index contributed by atoms with van der Waals surface area (Å²) >= 11 is 0. The lowest BCUT2D eigenvalue weighted by Gasteiger charge is -2.04. The molecule has 0 spiro atoms. The minimum absolute atomic E-state index is 0.0815. The molecule has 0 atom stereocenters. The van der Waals surface area contributed by atoms with Crippen LogP contribution in [0.1, 0.15) is 22.3 Å². The maximum Gasteiger partial charge on any atom is 0.173 e. The van der Waals surface area contributed by atoms with Gasteiger partial charge in [0.05, 0.1) is 17.7 Å². The van der Waals surface area contributed by atoms with E-state index in [4.69, 9.17) is 5.73 Å². The summed E-state index contributed by atoms with van der Waals surface area (Å²) in [5.74, 6) is -2.09. The Morgan fingerprint density at radius 2 is 1.90 bits per heavy atom. The highest BCUT2D eigenvalue weighted by atomic mass is 19.1. The molecule has 3 nitrogen and oxygen atoms in total. The Balaban J connectivity index is 2.17. The Hall–Kier alpha value is -2.56. The molecular formula is C16H14F2N2O. The van der Waals surface area contributed by atoms with Gasteiger partial charge in [0, 0.05) is 6.07 Å². The number of hydrogen-bond acceptors (Lipinski definition) is 2. The predicted molar refractivity (Wildman–Crippen MR) is 77.8 cm³/mol. The zero-order valence-corrected chi connectivity index (χ0v) is 11.4. The molecule has 0 radical (unpaired) electrons. The van der Waals surface area contributed by atoms with Crippen LogP contribution in [0.3, 0.4) is 0 Å². The normalized spacial score (nSPS) is 11.5. The molecule has 0 saturated heterocycles. The van der Waals surface area contributed by atoms with E-state index in [1.54, 1.807) is 12.1 Å². The molecule has 0 bridgehead atoms. The third-order valence-electron chi connectivity index (χ3n) is 2.95. The lowest BCUT2D eigenvalue weighted by atomic mass is 10.1. The van der Waals surface area contributed by atoms with Gasteiger partial charge >= 0.3 is 0 Å². The number of para-hydroxylation sites is 1. The van der Waals surface area contributed by atoms with E-state index >= 15 is 0 Å². The van der Waals surface area contributed by atoms with Crippen LogP contribution in [-0.4, -0.2) is 11.6 Å². The highest BCUT2D eigenvalue weighted by Crippen LogP contribution is 2.18. The van der Waals surface area contributed by atoms with Crippen LogP contribution in [0.15, 0.2) is 47.5 Å².